The lowest BCUT2D eigenvalue weighted by molar-refractivity contribution is 0.405. The van der Waals surface area contributed by atoms with Crippen molar-refractivity contribution in [1.29, 1.82) is 0 Å². The molecule has 0 radical (unpaired) electrons. The summed E-state index contributed by atoms with van der Waals surface area (Å²) in [5.74, 6) is 0.575. The van der Waals surface area contributed by atoms with Crippen LogP contribution in [-0.4, -0.2) is 12.8 Å². The molecule has 0 unspecified atom stereocenters. The first kappa shape index (κ1) is 16.3. The van der Waals surface area contributed by atoms with E-state index in [2.05, 4.69) is 6.07 Å². The van der Waals surface area contributed by atoms with Gasteiger partial charge in [0.2, 0.25) is 0 Å². The van der Waals surface area contributed by atoms with Gasteiger partial charge in [-0.2, -0.15) is 5.10 Å². The summed E-state index contributed by atoms with van der Waals surface area (Å²) in [6, 6.07) is 24.6. The quantitative estimate of drug-likeness (QED) is 0.649. The fourth-order valence-electron chi connectivity index (χ4n) is 3.36. The molecule has 0 saturated heterocycles. The number of benzene rings is 3. The standard InChI is InChI=1S/C22H19FN2O/c1-26-22-13-6-5-12-19(22)21-15-20(16-8-7-9-17(23)14-16)24-25(21)18-10-3-2-4-11-18/h2-14,21H,15H2,1H3/t21-/m0/s1. The van der Waals surface area contributed by atoms with E-state index in [1.807, 2.05) is 59.6 Å². The molecule has 0 aromatic heterocycles. The summed E-state index contributed by atoms with van der Waals surface area (Å²) in [6.45, 7) is 0. The molecule has 3 nitrogen and oxygen atoms in total. The minimum absolute atomic E-state index is 0.00758. The van der Waals surface area contributed by atoms with Gasteiger partial charge in [0.1, 0.15) is 11.6 Å². The maximum absolute atomic E-state index is 13.7. The molecule has 0 aliphatic carbocycles. The van der Waals surface area contributed by atoms with Gasteiger partial charge in [-0.25, -0.2) is 4.39 Å². The van der Waals surface area contributed by atoms with E-state index in [4.69, 9.17) is 9.84 Å². The van der Waals surface area contributed by atoms with Gasteiger partial charge in [-0.05, 0) is 30.3 Å². The number of nitrogens with zero attached hydrogens (tertiary/aromatic N) is 2. The summed E-state index contributed by atoms with van der Waals surface area (Å²) in [5, 5.41) is 6.83. The third kappa shape index (κ3) is 3.06. The SMILES string of the molecule is COc1ccccc1[C@@H]1CC(c2cccc(F)c2)=NN1c1ccccc1. The molecular weight excluding hydrogens is 327 g/mol. The van der Waals surface area contributed by atoms with E-state index in [-0.39, 0.29) is 11.9 Å². The Morgan fingerprint density at radius 2 is 1.73 bits per heavy atom. The molecule has 1 aliphatic heterocycles. The average Bonchev–Trinajstić information content (AvgIpc) is 3.14. The minimum atomic E-state index is -0.253. The molecule has 1 heterocycles. The van der Waals surface area contributed by atoms with E-state index < -0.39 is 0 Å². The maximum Gasteiger partial charge on any atom is 0.124 e. The molecule has 0 N–H and O–H groups in total. The van der Waals surface area contributed by atoms with Crippen LogP contribution in [0.1, 0.15) is 23.6 Å². The van der Waals surface area contributed by atoms with Gasteiger partial charge >= 0.3 is 0 Å². The number of methoxy groups -OCH3 is 1. The van der Waals surface area contributed by atoms with Crippen molar-refractivity contribution < 1.29 is 9.13 Å². The Labute approximate surface area is 152 Å². The van der Waals surface area contributed by atoms with Gasteiger partial charge in [0.15, 0.2) is 0 Å². The largest absolute Gasteiger partial charge is 0.496 e. The topological polar surface area (TPSA) is 24.8 Å². The molecule has 0 spiro atoms. The average molecular weight is 346 g/mol. The lowest BCUT2D eigenvalue weighted by Gasteiger charge is -2.25. The van der Waals surface area contributed by atoms with Gasteiger partial charge in [0, 0.05) is 17.5 Å². The van der Waals surface area contributed by atoms with Crippen LogP contribution in [0.25, 0.3) is 0 Å². The smallest absolute Gasteiger partial charge is 0.124 e. The van der Waals surface area contributed by atoms with Crippen LogP contribution < -0.4 is 9.75 Å². The number of anilines is 1. The molecule has 130 valence electrons. The third-order valence-electron chi connectivity index (χ3n) is 4.59. The van der Waals surface area contributed by atoms with Crippen molar-refractivity contribution in [1.82, 2.24) is 0 Å². The molecule has 0 bridgehead atoms. The fraction of sp³-hybridized carbons (Fsp3) is 0.136. The highest BCUT2D eigenvalue weighted by molar-refractivity contribution is 6.03. The van der Waals surface area contributed by atoms with Crippen LogP contribution in [0.5, 0.6) is 5.75 Å². The van der Waals surface area contributed by atoms with Crippen LogP contribution >= 0.6 is 0 Å². The van der Waals surface area contributed by atoms with Crippen LogP contribution in [0.2, 0.25) is 0 Å². The number of rotatable bonds is 4. The van der Waals surface area contributed by atoms with Gasteiger partial charge < -0.3 is 4.74 Å². The normalized spacial score (nSPS) is 16.5. The molecule has 1 atom stereocenters. The molecule has 4 rings (SSSR count). The van der Waals surface area contributed by atoms with Crippen molar-refractivity contribution in [3.63, 3.8) is 0 Å². The summed E-state index contributed by atoms with van der Waals surface area (Å²) < 4.78 is 19.3. The molecule has 4 heteroatoms. The molecule has 26 heavy (non-hydrogen) atoms. The first-order chi connectivity index (χ1) is 12.8. The van der Waals surface area contributed by atoms with Crippen molar-refractivity contribution in [2.24, 2.45) is 5.10 Å². The highest BCUT2D eigenvalue weighted by atomic mass is 19.1. The highest BCUT2D eigenvalue weighted by Crippen LogP contribution is 2.40. The van der Waals surface area contributed by atoms with E-state index in [1.54, 1.807) is 13.2 Å². The van der Waals surface area contributed by atoms with Crippen LogP contribution in [0.4, 0.5) is 10.1 Å². The Morgan fingerprint density at radius 1 is 0.962 bits per heavy atom. The van der Waals surface area contributed by atoms with E-state index in [1.165, 1.54) is 12.1 Å². The van der Waals surface area contributed by atoms with Gasteiger partial charge in [0.25, 0.3) is 0 Å². The Morgan fingerprint density at radius 3 is 2.50 bits per heavy atom. The first-order valence-electron chi connectivity index (χ1n) is 8.57. The summed E-state index contributed by atoms with van der Waals surface area (Å²) in [6.07, 6.45) is 0.679. The van der Waals surface area contributed by atoms with Crippen LogP contribution in [-0.2, 0) is 0 Å². The minimum Gasteiger partial charge on any atom is -0.496 e. The molecule has 1 aliphatic rings. The van der Waals surface area contributed by atoms with Crippen LogP contribution in [0.15, 0.2) is 84.0 Å². The second-order valence-electron chi connectivity index (χ2n) is 6.20. The number of para-hydroxylation sites is 2. The third-order valence-corrected chi connectivity index (χ3v) is 4.59. The van der Waals surface area contributed by atoms with Crippen LogP contribution in [0.3, 0.4) is 0 Å². The first-order valence-corrected chi connectivity index (χ1v) is 8.57. The van der Waals surface area contributed by atoms with E-state index >= 15 is 0 Å². The van der Waals surface area contributed by atoms with Crippen molar-refractivity contribution in [3.05, 3.63) is 95.8 Å². The summed E-state index contributed by atoms with van der Waals surface area (Å²) in [7, 11) is 1.68. The zero-order chi connectivity index (χ0) is 17.9. The number of ether oxygens (including phenoxy) is 1. The van der Waals surface area contributed by atoms with Gasteiger partial charge in [-0.3, -0.25) is 5.01 Å². The number of hydrogen-bond donors (Lipinski definition) is 0. The monoisotopic (exact) mass is 346 g/mol. The van der Waals surface area contributed by atoms with Crippen molar-refractivity contribution in [2.45, 2.75) is 12.5 Å². The van der Waals surface area contributed by atoms with Crippen molar-refractivity contribution in [2.75, 3.05) is 12.1 Å². The molecule has 0 amide bonds. The lowest BCUT2D eigenvalue weighted by Crippen LogP contribution is -2.19. The Hall–Kier alpha value is -3.14. The van der Waals surface area contributed by atoms with Gasteiger partial charge in [-0.1, -0.05) is 48.5 Å². The number of hydrazone groups is 1. The molecule has 0 saturated carbocycles. The second-order valence-corrected chi connectivity index (χ2v) is 6.20. The highest BCUT2D eigenvalue weighted by Gasteiger charge is 2.31. The summed E-state index contributed by atoms with van der Waals surface area (Å²) in [4.78, 5) is 0. The summed E-state index contributed by atoms with van der Waals surface area (Å²) in [5.41, 5.74) is 3.73. The lowest BCUT2D eigenvalue weighted by atomic mass is 9.97. The zero-order valence-electron chi connectivity index (χ0n) is 14.5. The Balaban J connectivity index is 1.79. The van der Waals surface area contributed by atoms with E-state index in [0.717, 1.165) is 28.3 Å². The Kier molecular flexibility index (Phi) is 4.40. The van der Waals surface area contributed by atoms with E-state index in [0.29, 0.717) is 6.42 Å². The van der Waals surface area contributed by atoms with Gasteiger partial charge in [-0.15, -0.1) is 0 Å². The maximum atomic E-state index is 13.7. The fourth-order valence-corrected chi connectivity index (χ4v) is 3.36. The molecule has 0 fully saturated rings. The summed E-state index contributed by atoms with van der Waals surface area (Å²) >= 11 is 0. The second kappa shape index (κ2) is 7.00. The van der Waals surface area contributed by atoms with Crippen molar-refractivity contribution in [3.8, 4) is 5.75 Å². The zero-order valence-corrected chi connectivity index (χ0v) is 14.5. The number of hydrogen-bond acceptors (Lipinski definition) is 3. The van der Waals surface area contributed by atoms with E-state index in [9.17, 15) is 4.39 Å². The number of halogens is 1. The molecule has 3 aromatic carbocycles. The van der Waals surface area contributed by atoms with Crippen molar-refractivity contribution >= 4 is 11.4 Å². The molecule has 3 aromatic rings. The van der Waals surface area contributed by atoms with Crippen LogP contribution in [0, 0.1) is 5.82 Å². The van der Waals surface area contributed by atoms with Gasteiger partial charge in [0.05, 0.1) is 24.6 Å². The Bertz CT molecular complexity index is 940. The molecular formula is C22H19FN2O. The predicted octanol–water partition coefficient (Wildman–Crippen LogP) is 5.19. The predicted molar refractivity (Wildman–Crippen MR) is 102 cm³/mol.